The van der Waals surface area contributed by atoms with Crippen LogP contribution in [0, 0.1) is 0 Å². The Balaban J connectivity index is 1.68. The molecule has 2 aliphatic rings. The maximum Gasteiger partial charge on any atom is 0.210 e. The fraction of sp³-hybridized carbons (Fsp3) is 0.500. The van der Waals surface area contributed by atoms with E-state index in [1.165, 1.54) is 0 Å². The van der Waals surface area contributed by atoms with Gasteiger partial charge >= 0.3 is 0 Å². The van der Waals surface area contributed by atoms with Crippen LogP contribution >= 0.6 is 0 Å². The molecule has 134 valence electrons. The number of hydrogen-bond acceptors (Lipinski definition) is 5. The number of fused-ring (bicyclic) bond motifs is 1. The van der Waals surface area contributed by atoms with Crippen molar-refractivity contribution in [2.45, 2.75) is 13.3 Å². The topological polar surface area (TPSA) is 43.9 Å². The summed E-state index contributed by atoms with van der Waals surface area (Å²) in [5.74, 6) is -0.0210. The van der Waals surface area contributed by atoms with Crippen molar-refractivity contribution in [3.8, 4) is 0 Å². The molecule has 0 atom stereocenters. The van der Waals surface area contributed by atoms with Gasteiger partial charge in [0.2, 0.25) is 5.78 Å². The van der Waals surface area contributed by atoms with Crippen LogP contribution in [0.15, 0.2) is 35.5 Å². The number of carbonyl (C=O) groups excluding carboxylic acids is 2. The van der Waals surface area contributed by atoms with E-state index >= 15 is 0 Å². The summed E-state index contributed by atoms with van der Waals surface area (Å²) in [4.78, 5) is 32.3. The van der Waals surface area contributed by atoms with E-state index in [1.807, 2.05) is 12.1 Å². The van der Waals surface area contributed by atoms with Gasteiger partial charge in [0.25, 0.3) is 0 Å². The largest absolute Gasteiger partial charge is 0.365 e. The average Bonchev–Trinajstić information content (AvgIpc) is 2.61. The van der Waals surface area contributed by atoms with Gasteiger partial charge in [-0.25, -0.2) is 0 Å². The van der Waals surface area contributed by atoms with Crippen LogP contribution in [-0.4, -0.2) is 79.6 Å². The Labute approximate surface area is 149 Å². The predicted molar refractivity (Wildman–Crippen MR) is 99.0 cm³/mol. The van der Waals surface area contributed by atoms with Crippen LogP contribution in [0.2, 0.25) is 0 Å². The molecule has 0 aromatic heterocycles. The zero-order valence-corrected chi connectivity index (χ0v) is 15.4. The third-order valence-corrected chi connectivity index (χ3v) is 5.10. The molecule has 25 heavy (non-hydrogen) atoms. The first kappa shape index (κ1) is 17.8. The first-order valence-electron chi connectivity index (χ1n) is 9.00. The summed E-state index contributed by atoms with van der Waals surface area (Å²) in [6.07, 6.45) is 1.15. The van der Waals surface area contributed by atoms with Gasteiger partial charge in [-0.2, -0.15) is 0 Å². The third kappa shape index (κ3) is 3.67. The fourth-order valence-electron chi connectivity index (χ4n) is 3.67. The minimum Gasteiger partial charge on any atom is -0.365 e. The molecule has 1 fully saturated rings. The molecule has 1 aliphatic heterocycles. The molecule has 1 saturated heterocycles. The van der Waals surface area contributed by atoms with Gasteiger partial charge in [0.1, 0.15) is 0 Å². The van der Waals surface area contributed by atoms with Gasteiger partial charge in [0.15, 0.2) is 5.78 Å². The molecular weight excluding hydrogens is 314 g/mol. The lowest BCUT2D eigenvalue weighted by Gasteiger charge is -2.38. The van der Waals surface area contributed by atoms with E-state index in [4.69, 9.17) is 0 Å². The van der Waals surface area contributed by atoms with Crippen molar-refractivity contribution in [3.63, 3.8) is 0 Å². The van der Waals surface area contributed by atoms with Crippen molar-refractivity contribution >= 4 is 11.6 Å². The monoisotopic (exact) mass is 341 g/mol. The summed E-state index contributed by atoms with van der Waals surface area (Å²) in [5, 5.41) is 0. The minimum absolute atomic E-state index is 0.00578. The summed E-state index contributed by atoms with van der Waals surface area (Å²) < 4.78 is 0. The van der Waals surface area contributed by atoms with E-state index < -0.39 is 0 Å². The first-order valence-corrected chi connectivity index (χ1v) is 9.00. The van der Waals surface area contributed by atoms with Gasteiger partial charge in [-0.3, -0.25) is 14.5 Å². The Hall–Kier alpha value is -1.98. The summed E-state index contributed by atoms with van der Waals surface area (Å²) in [7, 11) is 4.19. The van der Waals surface area contributed by atoms with Crippen molar-refractivity contribution in [2.75, 3.05) is 53.4 Å². The molecule has 0 spiro atoms. The van der Waals surface area contributed by atoms with Gasteiger partial charge < -0.3 is 9.80 Å². The number of piperazine rings is 1. The second-order valence-corrected chi connectivity index (χ2v) is 7.16. The van der Waals surface area contributed by atoms with E-state index in [-0.39, 0.29) is 11.6 Å². The molecule has 5 nitrogen and oxygen atoms in total. The van der Waals surface area contributed by atoms with Gasteiger partial charge in [-0.15, -0.1) is 0 Å². The van der Waals surface area contributed by atoms with Crippen LogP contribution in [0.4, 0.5) is 0 Å². The summed E-state index contributed by atoms with van der Waals surface area (Å²) in [5.41, 5.74) is 2.28. The zero-order chi connectivity index (χ0) is 18.0. The SMILES string of the molecule is CC1=C(N2CCN(CCCN(C)C)CC2)C(=O)c2ccccc2C1=O. The Morgan fingerprint density at radius 1 is 0.960 bits per heavy atom. The van der Waals surface area contributed by atoms with Gasteiger partial charge in [-0.05, 0) is 40.5 Å². The van der Waals surface area contributed by atoms with Crippen LogP contribution in [-0.2, 0) is 0 Å². The molecule has 0 saturated carbocycles. The van der Waals surface area contributed by atoms with Crippen molar-refractivity contribution < 1.29 is 9.59 Å². The second kappa shape index (κ2) is 7.50. The molecule has 0 N–H and O–H groups in total. The Morgan fingerprint density at radius 2 is 1.56 bits per heavy atom. The van der Waals surface area contributed by atoms with Gasteiger partial charge in [0, 0.05) is 42.9 Å². The number of nitrogens with zero attached hydrogens (tertiary/aromatic N) is 3. The molecule has 1 aliphatic carbocycles. The van der Waals surface area contributed by atoms with E-state index in [2.05, 4.69) is 28.8 Å². The first-order chi connectivity index (χ1) is 12.0. The fourth-order valence-corrected chi connectivity index (χ4v) is 3.67. The number of rotatable bonds is 5. The lowest BCUT2D eigenvalue weighted by Crippen LogP contribution is -2.48. The second-order valence-electron chi connectivity index (χ2n) is 7.16. The van der Waals surface area contributed by atoms with Gasteiger partial charge in [0.05, 0.1) is 5.70 Å². The zero-order valence-electron chi connectivity index (χ0n) is 15.4. The van der Waals surface area contributed by atoms with Crippen molar-refractivity contribution in [1.29, 1.82) is 0 Å². The molecule has 3 rings (SSSR count). The molecular formula is C20H27N3O2. The number of hydrogen-bond donors (Lipinski definition) is 0. The number of Topliss-reactive ketones (excluding diaryl/α,β-unsaturated/α-hetero) is 2. The van der Waals surface area contributed by atoms with E-state index in [1.54, 1.807) is 19.1 Å². The molecule has 0 radical (unpaired) electrons. The quantitative estimate of drug-likeness (QED) is 0.818. The highest BCUT2D eigenvalue weighted by Gasteiger charge is 2.33. The Morgan fingerprint density at radius 3 is 2.16 bits per heavy atom. The molecule has 1 aromatic carbocycles. The maximum atomic E-state index is 12.9. The van der Waals surface area contributed by atoms with Crippen LogP contribution in [0.3, 0.4) is 0 Å². The lowest BCUT2D eigenvalue weighted by molar-refractivity contribution is 0.0903. The maximum absolute atomic E-state index is 12.9. The molecule has 1 aromatic rings. The van der Waals surface area contributed by atoms with Crippen LogP contribution < -0.4 is 0 Å². The predicted octanol–water partition coefficient (Wildman–Crippen LogP) is 1.91. The number of carbonyl (C=O) groups is 2. The third-order valence-electron chi connectivity index (χ3n) is 5.10. The number of benzene rings is 1. The highest BCUT2D eigenvalue weighted by molar-refractivity contribution is 6.26. The molecule has 5 heteroatoms. The Kier molecular flexibility index (Phi) is 5.35. The van der Waals surface area contributed by atoms with Crippen LogP contribution in [0.5, 0.6) is 0 Å². The number of allylic oxidation sites excluding steroid dienone is 2. The summed E-state index contributed by atoms with van der Waals surface area (Å²) in [6.45, 7) is 7.44. The molecule has 0 amide bonds. The Bertz CT molecular complexity index is 701. The summed E-state index contributed by atoms with van der Waals surface area (Å²) in [6, 6.07) is 7.15. The van der Waals surface area contributed by atoms with Gasteiger partial charge in [-0.1, -0.05) is 24.3 Å². The molecule has 0 bridgehead atoms. The smallest absolute Gasteiger partial charge is 0.210 e. The van der Waals surface area contributed by atoms with Crippen molar-refractivity contribution in [1.82, 2.24) is 14.7 Å². The normalized spacial score (nSPS) is 19.0. The lowest BCUT2D eigenvalue weighted by atomic mass is 9.87. The summed E-state index contributed by atoms with van der Waals surface area (Å²) >= 11 is 0. The van der Waals surface area contributed by atoms with Crippen LogP contribution in [0.1, 0.15) is 34.1 Å². The number of ketones is 2. The highest BCUT2D eigenvalue weighted by atomic mass is 16.1. The average molecular weight is 341 g/mol. The van der Waals surface area contributed by atoms with E-state index in [0.29, 0.717) is 22.4 Å². The van der Waals surface area contributed by atoms with Crippen molar-refractivity contribution in [3.05, 3.63) is 46.7 Å². The standard InChI is InChI=1S/C20H27N3O2/c1-15-18(20(25)17-8-5-4-7-16(17)19(15)24)23-13-11-22(12-14-23)10-6-9-21(2)3/h4-5,7-8H,6,9-14H2,1-3H3. The van der Waals surface area contributed by atoms with E-state index in [9.17, 15) is 9.59 Å². The molecule has 0 unspecified atom stereocenters. The van der Waals surface area contributed by atoms with Crippen molar-refractivity contribution in [2.24, 2.45) is 0 Å². The molecule has 1 heterocycles. The van der Waals surface area contributed by atoms with E-state index in [0.717, 1.165) is 45.7 Å². The highest BCUT2D eigenvalue weighted by Crippen LogP contribution is 2.28. The van der Waals surface area contributed by atoms with Crippen LogP contribution in [0.25, 0.3) is 0 Å². The minimum atomic E-state index is -0.0152.